The molecule has 0 amide bonds. The van der Waals surface area contributed by atoms with Crippen LogP contribution in [0.2, 0.25) is 0 Å². The number of rotatable bonds is 4. The molecule has 0 aromatic heterocycles. The molecule has 0 spiro atoms. The second kappa shape index (κ2) is 8.58. The van der Waals surface area contributed by atoms with Gasteiger partial charge in [0, 0.05) is 25.9 Å². The number of halogens is 1. The van der Waals surface area contributed by atoms with E-state index in [1.807, 2.05) is 109 Å². The van der Waals surface area contributed by atoms with Crippen molar-refractivity contribution in [3.8, 4) is 5.75 Å². The molecule has 0 fully saturated rings. The maximum absolute atomic E-state index is 14.1. The molecule has 34 heavy (non-hydrogen) atoms. The summed E-state index contributed by atoms with van der Waals surface area (Å²) in [5.74, 6) is 1.47. The van der Waals surface area contributed by atoms with Gasteiger partial charge < -0.3 is 4.74 Å². The van der Waals surface area contributed by atoms with Gasteiger partial charge in [0.05, 0.1) is 0 Å². The van der Waals surface area contributed by atoms with Crippen molar-refractivity contribution in [3.63, 3.8) is 0 Å². The summed E-state index contributed by atoms with van der Waals surface area (Å²) in [5, 5.41) is 0. The van der Waals surface area contributed by atoms with Gasteiger partial charge in [-0.2, -0.15) is 0 Å². The van der Waals surface area contributed by atoms with E-state index in [0.29, 0.717) is 16.9 Å². The molecule has 162 valence electrons. The first-order valence-corrected chi connectivity index (χ1v) is 12.2. The lowest BCUT2D eigenvalue weighted by atomic mass is 9.80. The van der Waals surface area contributed by atoms with E-state index in [-0.39, 0.29) is 5.78 Å². The van der Waals surface area contributed by atoms with Gasteiger partial charge in [-0.05, 0) is 75.2 Å². The van der Waals surface area contributed by atoms with Gasteiger partial charge in [-0.1, -0.05) is 84.9 Å². The molecule has 3 heteroatoms. The van der Waals surface area contributed by atoms with Crippen LogP contribution in [-0.2, 0) is 4.79 Å². The zero-order valence-corrected chi connectivity index (χ0v) is 20.3. The van der Waals surface area contributed by atoms with Crippen molar-refractivity contribution in [1.29, 1.82) is 0 Å². The van der Waals surface area contributed by atoms with Crippen molar-refractivity contribution in [2.24, 2.45) is 0 Å². The normalized spacial score (nSPS) is 14.6. The van der Waals surface area contributed by atoms with Crippen LogP contribution in [0.4, 0.5) is 0 Å². The van der Waals surface area contributed by atoms with E-state index >= 15 is 0 Å². The minimum atomic E-state index is 0.0196. The van der Waals surface area contributed by atoms with Crippen LogP contribution in [0.15, 0.2) is 121 Å². The Hall–Kier alpha value is -3.70. The molecule has 6 rings (SSSR count). The Labute approximate surface area is 212 Å². The van der Waals surface area contributed by atoms with Crippen molar-refractivity contribution in [2.75, 3.05) is 0 Å². The van der Waals surface area contributed by atoms with E-state index in [2.05, 4.69) is 28.7 Å². The molecule has 2 aliphatic rings. The third-order valence-corrected chi connectivity index (χ3v) is 6.85. The molecule has 0 saturated carbocycles. The van der Waals surface area contributed by atoms with Gasteiger partial charge in [-0.15, -0.1) is 0 Å². The highest BCUT2D eigenvalue weighted by molar-refractivity contribution is 14.1. The molecule has 2 nitrogen and oxygen atoms in total. The van der Waals surface area contributed by atoms with Crippen molar-refractivity contribution in [2.45, 2.75) is 0 Å². The average molecular weight is 550 g/mol. The van der Waals surface area contributed by atoms with Gasteiger partial charge in [-0.25, -0.2) is 0 Å². The van der Waals surface area contributed by atoms with Gasteiger partial charge in [0.2, 0.25) is 0 Å². The summed E-state index contributed by atoms with van der Waals surface area (Å²) < 4.78 is 7.81. The van der Waals surface area contributed by atoms with E-state index in [4.69, 9.17) is 4.74 Å². The topological polar surface area (TPSA) is 26.3 Å². The minimum absolute atomic E-state index is 0.0196. The van der Waals surface area contributed by atoms with Crippen LogP contribution in [0.25, 0.3) is 22.8 Å². The van der Waals surface area contributed by atoms with Crippen LogP contribution < -0.4 is 4.74 Å². The molecular weight excluding hydrogens is 531 g/mol. The Morgan fingerprint density at radius 3 is 1.85 bits per heavy atom. The second-order valence-corrected chi connectivity index (χ2v) is 9.46. The molecule has 0 bridgehead atoms. The number of benzene rings is 4. The van der Waals surface area contributed by atoms with E-state index in [0.717, 1.165) is 42.7 Å². The van der Waals surface area contributed by atoms with Gasteiger partial charge in [0.25, 0.3) is 0 Å². The molecule has 4 aromatic carbocycles. The third-order valence-electron chi connectivity index (χ3n) is 6.13. The SMILES string of the molecule is O=C1C2=Cc3ccccc3C2=C(Oc2ccc(I)cc2)C(c2ccccc2)=C1c1ccccc1. The number of hydrogen-bond acceptors (Lipinski definition) is 2. The van der Waals surface area contributed by atoms with Crippen LogP contribution in [0.5, 0.6) is 5.75 Å². The molecule has 0 heterocycles. The number of hydrogen-bond donors (Lipinski definition) is 0. The molecule has 2 aliphatic carbocycles. The molecule has 0 saturated heterocycles. The van der Waals surface area contributed by atoms with Gasteiger partial charge >= 0.3 is 0 Å². The number of Topliss-reactive ketones (excluding diaryl/α,β-unsaturated/α-hetero) is 1. The van der Waals surface area contributed by atoms with Crippen LogP contribution in [0.3, 0.4) is 0 Å². The predicted octanol–water partition coefficient (Wildman–Crippen LogP) is 7.67. The van der Waals surface area contributed by atoms with Gasteiger partial charge in [0.1, 0.15) is 11.5 Å². The fourth-order valence-electron chi connectivity index (χ4n) is 4.62. The van der Waals surface area contributed by atoms with E-state index in [1.54, 1.807) is 0 Å². The number of carbonyl (C=O) groups is 1. The lowest BCUT2D eigenvalue weighted by Crippen LogP contribution is -2.18. The monoisotopic (exact) mass is 550 g/mol. The van der Waals surface area contributed by atoms with E-state index < -0.39 is 0 Å². The number of carbonyl (C=O) groups excluding carboxylic acids is 1. The molecule has 0 aliphatic heterocycles. The highest BCUT2D eigenvalue weighted by atomic mass is 127. The van der Waals surface area contributed by atoms with Gasteiger partial charge in [-0.3, -0.25) is 4.79 Å². The second-order valence-electron chi connectivity index (χ2n) is 8.22. The summed E-state index contributed by atoms with van der Waals surface area (Å²) in [6.45, 7) is 0. The minimum Gasteiger partial charge on any atom is -0.456 e. The number of fused-ring (bicyclic) bond motifs is 3. The van der Waals surface area contributed by atoms with Crippen molar-refractivity contribution < 1.29 is 9.53 Å². The first-order valence-electron chi connectivity index (χ1n) is 11.1. The van der Waals surface area contributed by atoms with Crippen LogP contribution in [-0.4, -0.2) is 5.78 Å². The number of ketones is 1. The smallest absolute Gasteiger partial charge is 0.195 e. The Morgan fingerprint density at radius 2 is 1.18 bits per heavy atom. The Balaban J connectivity index is 1.69. The largest absolute Gasteiger partial charge is 0.456 e. The van der Waals surface area contributed by atoms with Crippen molar-refractivity contribution in [1.82, 2.24) is 0 Å². The number of allylic oxidation sites excluding steroid dienone is 4. The zero-order chi connectivity index (χ0) is 23.1. The first kappa shape index (κ1) is 20.9. The number of ether oxygens (including phenoxy) is 1. The Morgan fingerprint density at radius 1 is 0.588 bits per heavy atom. The standard InChI is InChI=1S/C31H19IO2/c32-23-15-17-24(18-16-23)34-31-28(21-11-5-2-6-12-21)27(20-9-3-1-4-10-20)30(33)26-19-22-13-7-8-14-25(22)29(26)31/h1-19H. The lowest BCUT2D eigenvalue weighted by Gasteiger charge is -2.26. The molecule has 0 atom stereocenters. The summed E-state index contributed by atoms with van der Waals surface area (Å²) in [7, 11) is 0. The first-order chi connectivity index (χ1) is 16.7. The zero-order valence-electron chi connectivity index (χ0n) is 18.2. The van der Waals surface area contributed by atoms with Crippen molar-refractivity contribution >= 4 is 51.2 Å². The van der Waals surface area contributed by atoms with E-state index in [1.165, 1.54) is 0 Å². The predicted molar refractivity (Wildman–Crippen MR) is 146 cm³/mol. The highest BCUT2D eigenvalue weighted by Gasteiger charge is 2.38. The summed E-state index contributed by atoms with van der Waals surface area (Å²) in [4.78, 5) is 14.1. The summed E-state index contributed by atoms with van der Waals surface area (Å²) in [6, 6.07) is 36.1. The van der Waals surface area contributed by atoms with Gasteiger partial charge in [0.15, 0.2) is 5.78 Å². The maximum atomic E-state index is 14.1. The van der Waals surface area contributed by atoms with E-state index in [9.17, 15) is 4.79 Å². The quantitative estimate of drug-likeness (QED) is 0.244. The molecular formula is C31H19IO2. The Bertz CT molecular complexity index is 1510. The van der Waals surface area contributed by atoms with Crippen molar-refractivity contribution in [3.05, 3.63) is 146 Å². The third kappa shape index (κ3) is 3.53. The lowest BCUT2D eigenvalue weighted by molar-refractivity contribution is -0.110. The maximum Gasteiger partial charge on any atom is 0.195 e. The average Bonchev–Trinajstić information content (AvgIpc) is 3.28. The van der Waals surface area contributed by atoms with Crippen LogP contribution in [0, 0.1) is 3.57 Å². The molecule has 0 radical (unpaired) electrons. The highest BCUT2D eigenvalue weighted by Crippen LogP contribution is 2.50. The summed E-state index contributed by atoms with van der Waals surface area (Å²) >= 11 is 2.29. The van der Waals surface area contributed by atoms with Crippen LogP contribution >= 0.6 is 22.6 Å². The summed E-state index contributed by atoms with van der Waals surface area (Å²) in [6.07, 6.45) is 2.00. The Kier molecular flexibility index (Phi) is 5.27. The summed E-state index contributed by atoms with van der Waals surface area (Å²) in [5.41, 5.74) is 6.91. The molecule has 4 aromatic rings. The fraction of sp³-hybridized carbons (Fsp3) is 0. The molecule has 0 N–H and O–H groups in total. The molecule has 0 unspecified atom stereocenters. The fourth-order valence-corrected chi connectivity index (χ4v) is 4.98. The van der Waals surface area contributed by atoms with Crippen LogP contribution in [0.1, 0.15) is 22.3 Å².